The number of nitrogens with one attached hydrogen (secondary N) is 2. The van der Waals surface area contributed by atoms with E-state index in [0.717, 1.165) is 0 Å². The number of nitriles is 1. The van der Waals surface area contributed by atoms with E-state index in [4.69, 9.17) is 10.00 Å². The number of ether oxygens (including phenoxy) is 2. The summed E-state index contributed by atoms with van der Waals surface area (Å²) in [6, 6.07) is 8.82. The van der Waals surface area contributed by atoms with E-state index in [9.17, 15) is 9.59 Å². The number of rotatable bonds is 7. The van der Waals surface area contributed by atoms with E-state index in [-0.39, 0.29) is 18.8 Å². The highest BCUT2D eigenvalue weighted by molar-refractivity contribution is 5.96. The Morgan fingerprint density at radius 3 is 2.61 bits per heavy atom. The molecule has 0 atom stereocenters. The number of amidine groups is 1. The van der Waals surface area contributed by atoms with Gasteiger partial charge in [-0.2, -0.15) is 5.26 Å². The molecule has 1 aliphatic rings. The van der Waals surface area contributed by atoms with Crippen LogP contribution in [-0.2, 0) is 9.47 Å². The third-order valence-corrected chi connectivity index (χ3v) is 4.50. The number of amides is 1. The van der Waals surface area contributed by atoms with Gasteiger partial charge in [-0.05, 0) is 25.1 Å². The van der Waals surface area contributed by atoms with E-state index in [1.807, 2.05) is 0 Å². The molecule has 1 aromatic carbocycles. The Morgan fingerprint density at radius 2 is 1.97 bits per heavy atom. The molecule has 0 radical (unpaired) electrons. The van der Waals surface area contributed by atoms with E-state index in [2.05, 4.69) is 36.4 Å². The van der Waals surface area contributed by atoms with Gasteiger partial charge in [-0.25, -0.2) is 24.5 Å². The number of carbonyl (C=O) groups excluding carboxylic acids is 2. The number of anilines is 1. The van der Waals surface area contributed by atoms with Crippen LogP contribution in [0.4, 0.5) is 10.7 Å². The summed E-state index contributed by atoms with van der Waals surface area (Å²) >= 11 is 0. The number of hydrogen-bond acceptors (Lipinski definition) is 10. The number of benzene rings is 1. The molecular formula is C22H23N7O4. The van der Waals surface area contributed by atoms with Gasteiger partial charge in [0.2, 0.25) is 5.95 Å². The summed E-state index contributed by atoms with van der Waals surface area (Å²) in [7, 11) is 1.31. The minimum absolute atomic E-state index is 0.172. The molecule has 0 saturated heterocycles. The van der Waals surface area contributed by atoms with Crippen LogP contribution in [-0.4, -0.2) is 66.2 Å². The predicted octanol–water partition coefficient (Wildman–Crippen LogP) is 2.15. The molecule has 1 amide bonds. The van der Waals surface area contributed by atoms with Crippen LogP contribution in [0.1, 0.15) is 22.8 Å². The predicted molar refractivity (Wildman–Crippen MR) is 120 cm³/mol. The third kappa shape index (κ3) is 6.04. The fraction of sp³-hybridized carbons (Fsp3) is 0.273. The zero-order chi connectivity index (χ0) is 23.6. The Labute approximate surface area is 190 Å². The lowest BCUT2D eigenvalue weighted by Crippen LogP contribution is -2.34. The van der Waals surface area contributed by atoms with Crippen molar-refractivity contribution in [2.75, 3.05) is 38.8 Å². The highest BCUT2D eigenvalue weighted by Crippen LogP contribution is 2.23. The summed E-state index contributed by atoms with van der Waals surface area (Å²) in [6.07, 6.45) is 4.21. The zero-order valence-electron chi connectivity index (χ0n) is 18.2. The SMILES string of the molecule is CCOC(=O)c1cnc(NCCNC2=NCN(C(=O)OC)C=C2)nc1-c1ccc(C#N)cc1. The summed E-state index contributed by atoms with van der Waals surface area (Å²) in [5.74, 6) is 0.448. The van der Waals surface area contributed by atoms with Crippen LogP contribution in [0.2, 0.25) is 0 Å². The van der Waals surface area contributed by atoms with Crippen LogP contribution in [0.25, 0.3) is 11.3 Å². The second-order valence-corrected chi connectivity index (χ2v) is 6.66. The van der Waals surface area contributed by atoms with Crippen molar-refractivity contribution in [3.05, 3.63) is 53.9 Å². The van der Waals surface area contributed by atoms with Crippen molar-refractivity contribution in [3.8, 4) is 17.3 Å². The molecular weight excluding hydrogens is 426 g/mol. The largest absolute Gasteiger partial charge is 0.462 e. The molecule has 11 nitrogen and oxygen atoms in total. The molecule has 2 heterocycles. The third-order valence-electron chi connectivity index (χ3n) is 4.50. The summed E-state index contributed by atoms with van der Waals surface area (Å²) in [6.45, 7) is 3.11. The smallest absolute Gasteiger partial charge is 0.415 e. The quantitative estimate of drug-likeness (QED) is 0.480. The molecule has 11 heteroatoms. The van der Waals surface area contributed by atoms with E-state index < -0.39 is 12.1 Å². The summed E-state index contributed by atoms with van der Waals surface area (Å²) < 4.78 is 9.76. The van der Waals surface area contributed by atoms with Gasteiger partial charge in [0, 0.05) is 31.0 Å². The number of aromatic nitrogens is 2. The van der Waals surface area contributed by atoms with Gasteiger partial charge in [-0.15, -0.1) is 0 Å². The molecule has 33 heavy (non-hydrogen) atoms. The maximum absolute atomic E-state index is 12.4. The van der Waals surface area contributed by atoms with Gasteiger partial charge >= 0.3 is 12.1 Å². The minimum Gasteiger partial charge on any atom is -0.462 e. The summed E-state index contributed by atoms with van der Waals surface area (Å²) in [5.41, 5.74) is 1.81. The molecule has 0 spiro atoms. The number of nitrogens with zero attached hydrogens (tertiary/aromatic N) is 5. The minimum atomic E-state index is -0.520. The van der Waals surface area contributed by atoms with E-state index in [1.165, 1.54) is 18.2 Å². The van der Waals surface area contributed by atoms with Crippen molar-refractivity contribution >= 4 is 23.8 Å². The maximum atomic E-state index is 12.4. The Kier molecular flexibility index (Phi) is 7.91. The second kappa shape index (κ2) is 11.2. The highest BCUT2D eigenvalue weighted by atomic mass is 16.5. The van der Waals surface area contributed by atoms with Crippen LogP contribution < -0.4 is 10.6 Å². The topological polar surface area (TPSA) is 142 Å². The number of methoxy groups -OCH3 is 1. The molecule has 2 N–H and O–H groups in total. The average molecular weight is 449 g/mol. The molecule has 1 aromatic heterocycles. The Balaban J connectivity index is 1.64. The van der Waals surface area contributed by atoms with E-state index in [0.29, 0.717) is 41.7 Å². The molecule has 3 rings (SSSR count). The average Bonchev–Trinajstić information content (AvgIpc) is 2.86. The summed E-state index contributed by atoms with van der Waals surface area (Å²) in [5, 5.41) is 15.3. The number of esters is 1. The summed E-state index contributed by atoms with van der Waals surface area (Å²) in [4.78, 5) is 38.1. The van der Waals surface area contributed by atoms with E-state index in [1.54, 1.807) is 43.5 Å². The molecule has 1 aliphatic heterocycles. The zero-order valence-corrected chi connectivity index (χ0v) is 18.2. The van der Waals surface area contributed by atoms with Crippen molar-refractivity contribution < 1.29 is 19.1 Å². The first kappa shape index (κ1) is 23.2. The van der Waals surface area contributed by atoms with Crippen LogP contribution in [0.15, 0.2) is 47.7 Å². The van der Waals surface area contributed by atoms with Gasteiger partial charge in [0.05, 0.1) is 31.0 Å². The van der Waals surface area contributed by atoms with Gasteiger partial charge in [0.15, 0.2) is 0 Å². The molecule has 0 saturated carbocycles. The van der Waals surface area contributed by atoms with Crippen LogP contribution in [0.5, 0.6) is 0 Å². The second-order valence-electron chi connectivity index (χ2n) is 6.66. The fourth-order valence-corrected chi connectivity index (χ4v) is 2.88. The maximum Gasteiger partial charge on any atom is 0.415 e. The number of carbonyl (C=O) groups is 2. The Hall–Kier alpha value is -4.46. The first-order chi connectivity index (χ1) is 16.0. The van der Waals surface area contributed by atoms with Gasteiger partial charge < -0.3 is 20.1 Å². The standard InChI is InChI=1S/C22H23N7O4/c1-3-33-20(30)17-13-26-21(28-19(17)16-6-4-15(12-23)5-7-16)25-10-9-24-18-8-11-29(14-27-18)22(31)32-2/h4-8,11,13H,3,9-10,14H2,1-2H3,(H,24,27)(H,25,26,28). The lowest BCUT2D eigenvalue weighted by Gasteiger charge is -2.19. The normalized spacial score (nSPS) is 12.4. The molecule has 0 fully saturated rings. The van der Waals surface area contributed by atoms with Crippen molar-refractivity contribution in [3.63, 3.8) is 0 Å². The fourth-order valence-electron chi connectivity index (χ4n) is 2.88. The lowest BCUT2D eigenvalue weighted by molar-refractivity contribution is 0.0526. The van der Waals surface area contributed by atoms with Crippen molar-refractivity contribution in [2.24, 2.45) is 4.99 Å². The van der Waals surface area contributed by atoms with Gasteiger partial charge in [0.1, 0.15) is 18.1 Å². The first-order valence-corrected chi connectivity index (χ1v) is 10.2. The first-order valence-electron chi connectivity index (χ1n) is 10.2. The molecule has 0 bridgehead atoms. The highest BCUT2D eigenvalue weighted by Gasteiger charge is 2.18. The van der Waals surface area contributed by atoms with Gasteiger partial charge in [0.25, 0.3) is 0 Å². The van der Waals surface area contributed by atoms with Crippen LogP contribution in [0.3, 0.4) is 0 Å². The van der Waals surface area contributed by atoms with Crippen molar-refractivity contribution in [1.29, 1.82) is 5.26 Å². The Bertz CT molecular complexity index is 1110. The molecule has 0 unspecified atom stereocenters. The number of hydrogen-bond donors (Lipinski definition) is 2. The van der Waals surface area contributed by atoms with Crippen LogP contribution >= 0.6 is 0 Å². The lowest BCUT2D eigenvalue weighted by atomic mass is 10.1. The monoisotopic (exact) mass is 449 g/mol. The van der Waals surface area contributed by atoms with Gasteiger partial charge in [-0.3, -0.25) is 4.90 Å². The van der Waals surface area contributed by atoms with Crippen LogP contribution in [0, 0.1) is 11.3 Å². The van der Waals surface area contributed by atoms with E-state index >= 15 is 0 Å². The molecule has 170 valence electrons. The van der Waals surface area contributed by atoms with Gasteiger partial charge in [-0.1, -0.05) is 12.1 Å². The van der Waals surface area contributed by atoms with Crippen molar-refractivity contribution in [1.82, 2.24) is 20.2 Å². The Morgan fingerprint density at radius 1 is 1.21 bits per heavy atom. The molecule has 2 aromatic rings. The molecule has 0 aliphatic carbocycles. The van der Waals surface area contributed by atoms with Crippen molar-refractivity contribution in [2.45, 2.75) is 6.92 Å². The number of aliphatic imine (C=N–C) groups is 1.